The normalized spacial score (nSPS) is 17.1. The fraction of sp³-hybridized carbons (Fsp3) is 0.375. The monoisotopic (exact) mass is 465 g/mol. The zero-order valence-corrected chi connectivity index (χ0v) is 19.0. The van der Waals surface area contributed by atoms with E-state index in [0.717, 1.165) is 0 Å². The minimum Gasteiger partial charge on any atom is -0.361 e. The Kier molecular flexibility index (Phi) is 8.03. The number of nitrogens with zero attached hydrogens (tertiary/aromatic N) is 2. The lowest BCUT2D eigenvalue weighted by molar-refractivity contribution is -0.126. The molecule has 2 aromatic heterocycles. The second-order valence-electron chi connectivity index (χ2n) is 7.99. The largest absolute Gasteiger partial charge is 0.361 e. The summed E-state index contributed by atoms with van der Waals surface area (Å²) in [6, 6.07) is 3.00. The van der Waals surface area contributed by atoms with Gasteiger partial charge in [-0.05, 0) is 38.8 Å². The van der Waals surface area contributed by atoms with Gasteiger partial charge in [0.15, 0.2) is 5.69 Å². The number of rotatable bonds is 9. The van der Waals surface area contributed by atoms with Crippen LogP contribution in [0.1, 0.15) is 48.5 Å². The number of terminal acetylenes is 1. The van der Waals surface area contributed by atoms with Gasteiger partial charge >= 0.3 is 0 Å². The third-order valence-corrected chi connectivity index (χ3v) is 5.49. The SMILES string of the molecule is C#CCC(C(=O)N[C@H](/C=C/C)CC1CCNC1=O)n1cccc(NC(=O)c2cc(C)on2)c1=O. The molecule has 0 saturated carbocycles. The molecular weight excluding hydrogens is 438 g/mol. The molecule has 3 heterocycles. The van der Waals surface area contributed by atoms with E-state index in [2.05, 4.69) is 27.0 Å². The van der Waals surface area contributed by atoms with Crippen molar-refractivity contribution in [2.75, 3.05) is 11.9 Å². The number of hydrogen-bond donors (Lipinski definition) is 3. The molecule has 0 radical (unpaired) electrons. The van der Waals surface area contributed by atoms with Crippen LogP contribution in [0, 0.1) is 25.2 Å². The molecule has 0 aliphatic carbocycles. The number of carbonyl (C=O) groups is 3. The lowest BCUT2D eigenvalue weighted by Crippen LogP contribution is -2.43. The number of carbonyl (C=O) groups excluding carboxylic acids is 3. The Hall–Kier alpha value is -4.13. The van der Waals surface area contributed by atoms with Gasteiger partial charge in [0.05, 0.1) is 0 Å². The van der Waals surface area contributed by atoms with Crippen LogP contribution in [-0.2, 0) is 9.59 Å². The molecule has 1 saturated heterocycles. The summed E-state index contributed by atoms with van der Waals surface area (Å²) >= 11 is 0. The Bertz CT molecular complexity index is 1190. The molecule has 10 nitrogen and oxygen atoms in total. The molecule has 10 heteroatoms. The van der Waals surface area contributed by atoms with Crippen molar-refractivity contribution in [2.24, 2.45) is 5.92 Å². The zero-order chi connectivity index (χ0) is 24.7. The maximum Gasteiger partial charge on any atom is 0.278 e. The Labute approximate surface area is 196 Å². The lowest BCUT2D eigenvalue weighted by atomic mass is 9.97. The van der Waals surface area contributed by atoms with E-state index in [1.54, 1.807) is 19.1 Å². The van der Waals surface area contributed by atoms with E-state index >= 15 is 0 Å². The predicted molar refractivity (Wildman–Crippen MR) is 125 cm³/mol. The van der Waals surface area contributed by atoms with Crippen LogP contribution in [-0.4, -0.2) is 40.0 Å². The van der Waals surface area contributed by atoms with Gasteiger partial charge in [-0.2, -0.15) is 0 Å². The number of allylic oxidation sites excluding steroid dienone is 1. The van der Waals surface area contributed by atoms with E-state index in [0.29, 0.717) is 25.1 Å². The minimum atomic E-state index is -1.01. The van der Waals surface area contributed by atoms with Crippen LogP contribution in [0.2, 0.25) is 0 Å². The number of pyridine rings is 1. The maximum absolute atomic E-state index is 13.2. The summed E-state index contributed by atoms with van der Waals surface area (Å²) in [6.45, 7) is 4.07. The molecule has 0 spiro atoms. The molecule has 1 aliphatic heterocycles. The van der Waals surface area contributed by atoms with E-state index in [-0.39, 0.29) is 29.6 Å². The van der Waals surface area contributed by atoms with Gasteiger partial charge in [-0.1, -0.05) is 17.3 Å². The number of hydrogen-bond acceptors (Lipinski definition) is 6. The van der Waals surface area contributed by atoms with Gasteiger partial charge in [-0.25, -0.2) is 0 Å². The maximum atomic E-state index is 13.2. The van der Waals surface area contributed by atoms with Gasteiger partial charge in [0.1, 0.15) is 17.5 Å². The summed E-state index contributed by atoms with van der Waals surface area (Å²) in [5.74, 6) is 1.57. The Balaban J connectivity index is 1.80. The molecule has 3 rings (SSSR count). The summed E-state index contributed by atoms with van der Waals surface area (Å²) in [7, 11) is 0. The van der Waals surface area contributed by atoms with Crippen molar-refractivity contribution in [3.8, 4) is 12.3 Å². The van der Waals surface area contributed by atoms with Crippen LogP contribution >= 0.6 is 0 Å². The molecule has 178 valence electrons. The average Bonchev–Trinajstić information content (AvgIpc) is 3.42. The minimum absolute atomic E-state index is 0.0235. The first-order valence-corrected chi connectivity index (χ1v) is 10.9. The van der Waals surface area contributed by atoms with E-state index in [9.17, 15) is 19.2 Å². The van der Waals surface area contributed by atoms with Crippen molar-refractivity contribution in [1.29, 1.82) is 0 Å². The molecular formula is C24H27N5O5. The lowest BCUT2D eigenvalue weighted by Gasteiger charge is -2.23. The number of aryl methyl sites for hydroxylation is 1. The van der Waals surface area contributed by atoms with E-state index in [1.165, 1.54) is 29.0 Å². The predicted octanol–water partition coefficient (Wildman–Crippen LogP) is 1.55. The highest BCUT2D eigenvalue weighted by molar-refractivity contribution is 6.02. The van der Waals surface area contributed by atoms with E-state index in [1.807, 2.05) is 6.92 Å². The van der Waals surface area contributed by atoms with Crippen molar-refractivity contribution < 1.29 is 18.9 Å². The first-order chi connectivity index (χ1) is 16.3. The highest BCUT2D eigenvalue weighted by Gasteiger charge is 2.29. The molecule has 3 N–H and O–H groups in total. The molecule has 3 amide bonds. The highest BCUT2D eigenvalue weighted by Crippen LogP contribution is 2.18. The third kappa shape index (κ3) is 5.81. The van der Waals surface area contributed by atoms with E-state index < -0.39 is 29.5 Å². The molecule has 2 unspecified atom stereocenters. The van der Waals surface area contributed by atoms with Crippen LogP contribution in [0.5, 0.6) is 0 Å². The summed E-state index contributed by atoms with van der Waals surface area (Å²) in [4.78, 5) is 50.6. The average molecular weight is 466 g/mol. The fourth-order valence-corrected chi connectivity index (χ4v) is 3.81. The molecule has 3 atom stereocenters. The molecule has 2 aromatic rings. The van der Waals surface area contributed by atoms with Crippen LogP contribution < -0.4 is 21.5 Å². The summed E-state index contributed by atoms with van der Waals surface area (Å²) < 4.78 is 6.08. The number of amides is 3. The van der Waals surface area contributed by atoms with Crippen molar-refractivity contribution in [2.45, 2.75) is 45.2 Å². The van der Waals surface area contributed by atoms with Crippen molar-refractivity contribution in [3.63, 3.8) is 0 Å². The smallest absolute Gasteiger partial charge is 0.278 e. The van der Waals surface area contributed by atoms with Crippen molar-refractivity contribution >= 4 is 23.4 Å². The number of nitrogens with one attached hydrogen (secondary N) is 3. The van der Waals surface area contributed by atoms with Crippen LogP contribution in [0.4, 0.5) is 5.69 Å². The van der Waals surface area contributed by atoms with Crippen molar-refractivity contribution in [3.05, 3.63) is 58.4 Å². The second-order valence-corrected chi connectivity index (χ2v) is 7.99. The highest BCUT2D eigenvalue weighted by atomic mass is 16.5. The van der Waals surface area contributed by atoms with Crippen LogP contribution in [0.25, 0.3) is 0 Å². The molecule has 0 bridgehead atoms. The second kappa shape index (κ2) is 11.1. The standard InChI is InChI=1S/C24H27N5O5/c1-4-7-17(14-16-10-11-25-21(16)30)26-23(32)20(8-5-2)29-12-6-9-18(24(29)33)27-22(31)19-13-15(3)34-28-19/h2,4,6-7,9,12-13,16-17,20H,8,10-11,14H2,1,3H3,(H,25,30)(H,26,32)(H,27,31)/b7-4+/t16?,17-,20?/m1/s1. The first-order valence-electron chi connectivity index (χ1n) is 10.9. The Morgan fingerprint density at radius 2 is 2.24 bits per heavy atom. The molecule has 34 heavy (non-hydrogen) atoms. The van der Waals surface area contributed by atoms with Gasteiger partial charge < -0.3 is 25.0 Å². The zero-order valence-electron chi connectivity index (χ0n) is 19.0. The van der Waals surface area contributed by atoms with E-state index in [4.69, 9.17) is 10.9 Å². The molecule has 1 aliphatic rings. The summed E-state index contributed by atoms with van der Waals surface area (Å²) in [5, 5.41) is 11.8. The first kappa shape index (κ1) is 24.5. The fourth-order valence-electron chi connectivity index (χ4n) is 3.81. The topological polar surface area (TPSA) is 135 Å². The third-order valence-electron chi connectivity index (χ3n) is 5.49. The molecule has 0 aromatic carbocycles. The number of aromatic nitrogens is 2. The van der Waals surface area contributed by atoms with Gasteiger partial charge in [0.2, 0.25) is 11.8 Å². The Morgan fingerprint density at radius 1 is 1.44 bits per heavy atom. The van der Waals surface area contributed by atoms with Crippen LogP contribution in [0.3, 0.4) is 0 Å². The van der Waals surface area contributed by atoms with Gasteiger partial charge in [-0.3, -0.25) is 19.2 Å². The summed E-state index contributed by atoms with van der Waals surface area (Å²) in [6.07, 6.45) is 11.6. The molecule has 1 fully saturated rings. The van der Waals surface area contributed by atoms with Crippen molar-refractivity contribution in [1.82, 2.24) is 20.4 Å². The van der Waals surface area contributed by atoms with Crippen LogP contribution in [0.15, 0.2) is 45.9 Å². The van der Waals surface area contributed by atoms with Gasteiger partial charge in [-0.15, -0.1) is 12.3 Å². The quantitative estimate of drug-likeness (QED) is 0.380. The number of anilines is 1. The van der Waals surface area contributed by atoms with Gasteiger partial charge in [0.25, 0.3) is 11.5 Å². The Morgan fingerprint density at radius 3 is 2.85 bits per heavy atom. The van der Waals surface area contributed by atoms with Gasteiger partial charge in [0, 0.05) is 37.2 Å². The summed E-state index contributed by atoms with van der Waals surface area (Å²) in [5.41, 5.74) is -0.602.